The minimum atomic E-state index is -0.236. The van der Waals surface area contributed by atoms with Gasteiger partial charge in [-0.25, -0.2) is 0 Å². The van der Waals surface area contributed by atoms with Crippen LogP contribution in [0.1, 0.15) is 6.92 Å². The Morgan fingerprint density at radius 1 is 1.89 bits per heavy atom. The van der Waals surface area contributed by atoms with Gasteiger partial charge in [0, 0.05) is 0 Å². The third kappa shape index (κ3) is 0.976. The Morgan fingerprint density at radius 3 is 2.78 bits per heavy atom. The fourth-order valence-corrected chi connectivity index (χ4v) is 0.842. The van der Waals surface area contributed by atoms with Crippen LogP contribution >= 0.6 is 0 Å². The van der Waals surface area contributed by atoms with Crippen LogP contribution < -0.4 is 5.73 Å². The van der Waals surface area contributed by atoms with Crippen molar-refractivity contribution in [1.82, 2.24) is 0 Å². The molecule has 0 aliphatic carbocycles. The van der Waals surface area contributed by atoms with Gasteiger partial charge >= 0.3 is 0 Å². The highest BCUT2D eigenvalue weighted by atomic mass is 16.5. The summed E-state index contributed by atoms with van der Waals surface area (Å²) in [6.45, 7) is 6.63. The Labute approximate surface area is 54.9 Å². The Morgan fingerprint density at radius 2 is 2.56 bits per heavy atom. The predicted molar refractivity (Wildman–Crippen MR) is 36.7 cm³/mol. The molecule has 3 nitrogen and oxygen atoms in total. The van der Waals surface area contributed by atoms with Crippen molar-refractivity contribution in [3.63, 3.8) is 0 Å². The molecule has 2 N–H and O–H groups in total. The number of nitrogens with two attached hydrogens (primary N) is 1. The van der Waals surface area contributed by atoms with Gasteiger partial charge in [-0.1, -0.05) is 0 Å². The van der Waals surface area contributed by atoms with E-state index in [0.717, 1.165) is 0 Å². The third-order valence-corrected chi connectivity index (χ3v) is 1.85. The van der Waals surface area contributed by atoms with Gasteiger partial charge in [-0.2, -0.15) is 0 Å². The molecule has 2 atom stereocenters. The SMILES string of the molecule is C=NC1(C)COC[C@H]1N. The lowest BCUT2D eigenvalue weighted by atomic mass is 9.98. The molecule has 1 saturated heterocycles. The maximum Gasteiger partial charge on any atom is 0.0977 e. The van der Waals surface area contributed by atoms with Crippen LogP contribution in [0.5, 0.6) is 0 Å². The number of ether oxygens (including phenoxy) is 1. The molecular formula is C6H12N2O. The number of rotatable bonds is 1. The first kappa shape index (κ1) is 6.71. The van der Waals surface area contributed by atoms with Gasteiger partial charge in [0.25, 0.3) is 0 Å². The Bertz CT molecular complexity index is 126. The quantitative estimate of drug-likeness (QED) is 0.497. The molecule has 0 aromatic heterocycles. The van der Waals surface area contributed by atoms with E-state index in [-0.39, 0.29) is 11.6 Å². The highest BCUT2D eigenvalue weighted by molar-refractivity contribution is 5.27. The van der Waals surface area contributed by atoms with Crippen LogP contribution in [0.2, 0.25) is 0 Å². The second-order valence-corrected chi connectivity index (χ2v) is 2.64. The van der Waals surface area contributed by atoms with Crippen molar-refractivity contribution < 1.29 is 4.74 Å². The minimum Gasteiger partial charge on any atom is -0.377 e. The second-order valence-electron chi connectivity index (χ2n) is 2.64. The molecule has 3 heteroatoms. The lowest BCUT2D eigenvalue weighted by Crippen LogP contribution is -2.42. The Kier molecular flexibility index (Phi) is 1.55. The summed E-state index contributed by atoms with van der Waals surface area (Å²) in [5.41, 5.74) is 5.43. The maximum atomic E-state index is 5.66. The third-order valence-electron chi connectivity index (χ3n) is 1.85. The van der Waals surface area contributed by atoms with Gasteiger partial charge in [-0.15, -0.1) is 0 Å². The van der Waals surface area contributed by atoms with E-state index in [9.17, 15) is 0 Å². The fraction of sp³-hybridized carbons (Fsp3) is 0.833. The molecule has 52 valence electrons. The van der Waals surface area contributed by atoms with Gasteiger partial charge in [-0.05, 0) is 13.6 Å². The smallest absolute Gasteiger partial charge is 0.0977 e. The molecule has 0 saturated carbocycles. The standard InChI is InChI=1S/C6H12N2O/c1-6(8-2)4-9-3-5(6)7/h5H,2-4,7H2,1H3/t5-,6?/m1/s1. The van der Waals surface area contributed by atoms with E-state index in [1.165, 1.54) is 0 Å². The molecule has 0 spiro atoms. The van der Waals surface area contributed by atoms with Crippen LogP contribution in [0.3, 0.4) is 0 Å². The van der Waals surface area contributed by atoms with E-state index in [1.54, 1.807) is 0 Å². The monoisotopic (exact) mass is 128 g/mol. The van der Waals surface area contributed by atoms with Crippen LogP contribution in [0.25, 0.3) is 0 Å². The summed E-state index contributed by atoms with van der Waals surface area (Å²) in [6.07, 6.45) is 0. The topological polar surface area (TPSA) is 47.6 Å². The molecule has 0 radical (unpaired) electrons. The Balaban J connectivity index is 2.66. The molecule has 0 amide bonds. The van der Waals surface area contributed by atoms with Crippen molar-refractivity contribution >= 4 is 6.72 Å². The average Bonchev–Trinajstić information content (AvgIpc) is 2.15. The molecule has 0 aromatic carbocycles. The van der Waals surface area contributed by atoms with Gasteiger partial charge in [0.1, 0.15) is 0 Å². The average molecular weight is 128 g/mol. The zero-order chi connectivity index (χ0) is 6.91. The van der Waals surface area contributed by atoms with E-state index in [0.29, 0.717) is 13.2 Å². The molecule has 9 heavy (non-hydrogen) atoms. The lowest BCUT2D eigenvalue weighted by molar-refractivity contribution is 0.181. The second kappa shape index (κ2) is 2.08. The van der Waals surface area contributed by atoms with E-state index in [4.69, 9.17) is 10.5 Å². The van der Waals surface area contributed by atoms with Crippen molar-refractivity contribution in [2.24, 2.45) is 10.7 Å². The van der Waals surface area contributed by atoms with Crippen molar-refractivity contribution in [1.29, 1.82) is 0 Å². The van der Waals surface area contributed by atoms with Crippen molar-refractivity contribution in [3.8, 4) is 0 Å². The molecule has 0 bridgehead atoms. The number of hydrogen-bond donors (Lipinski definition) is 1. The first-order chi connectivity index (χ1) is 4.19. The van der Waals surface area contributed by atoms with Gasteiger partial charge in [0.2, 0.25) is 0 Å². The highest BCUT2D eigenvalue weighted by Crippen LogP contribution is 2.20. The summed E-state index contributed by atoms with van der Waals surface area (Å²) in [4.78, 5) is 3.90. The van der Waals surface area contributed by atoms with Crippen LogP contribution in [-0.4, -0.2) is 31.5 Å². The zero-order valence-corrected chi connectivity index (χ0v) is 5.63. The normalized spacial score (nSPS) is 43.1. The van der Waals surface area contributed by atoms with E-state index >= 15 is 0 Å². The lowest BCUT2D eigenvalue weighted by Gasteiger charge is -2.20. The van der Waals surface area contributed by atoms with Crippen molar-refractivity contribution in [3.05, 3.63) is 0 Å². The minimum absolute atomic E-state index is 0.0231. The van der Waals surface area contributed by atoms with Gasteiger partial charge in [0.15, 0.2) is 0 Å². The van der Waals surface area contributed by atoms with Crippen LogP contribution in [-0.2, 0) is 4.74 Å². The molecule has 1 rings (SSSR count). The van der Waals surface area contributed by atoms with Gasteiger partial charge < -0.3 is 10.5 Å². The van der Waals surface area contributed by atoms with Crippen LogP contribution in [0.15, 0.2) is 4.99 Å². The summed E-state index contributed by atoms with van der Waals surface area (Å²) >= 11 is 0. The van der Waals surface area contributed by atoms with Gasteiger partial charge in [0.05, 0.1) is 24.8 Å². The largest absolute Gasteiger partial charge is 0.377 e. The highest BCUT2D eigenvalue weighted by Gasteiger charge is 2.36. The summed E-state index contributed by atoms with van der Waals surface area (Å²) in [5, 5.41) is 0. The van der Waals surface area contributed by atoms with Gasteiger partial charge in [-0.3, -0.25) is 4.99 Å². The molecule has 1 unspecified atom stereocenters. The maximum absolute atomic E-state index is 5.66. The van der Waals surface area contributed by atoms with Crippen LogP contribution in [0, 0.1) is 0 Å². The number of hydrogen-bond acceptors (Lipinski definition) is 3. The van der Waals surface area contributed by atoms with Crippen molar-refractivity contribution in [2.45, 2.75) is 18.5 Å². The van der Waals surface area contributed by atoms with Crippen LogP contribution in [0.4, 0.5) is 0 Å². The molecular weight excluding hydrogens is 116 g/mol. The summed E-state index contributed by atoms with van der Waals surface area (Å²) in [6, 6.07) is 0.0231. The van der Waals surface area contributed by atoms with E-state index in [1.807, 2.05) is 6.92 Å². The summed E-state index contributed by atoms with van der Waals surface area (Å²) in [5.74, 6) is 0. The first-order valence-corrected chi connectivity index (χ1v) is 3.00. The zero-order valence-electron chi connectivity index (χ0n) is 5.63. The van der Waals surface area contributed by atoms with Crippen molar-refractivity contribution in [2.75, 3.05) is 13.2 Å². The number of nitrogens with zero attached hydrogens (tertiary/aromatic N) is 1. The number of aliphatic imine (C=N–C) groups is 1. The van der Waals surface area contributed by atoms with E-state index < -0.39 is 0 Å². The summed E-state index contributed by atoms with van der Waals surface area (Å²) < 4.78 is 5.10. The molecule has 1 aliphatic rings. The molecule has 1 aliphatic heterocycles. The molecule has 1 fully saturated rings. The fourth-order valence-electron chi connectivity index (χ4n) is 0.842. The summed E-state index contributed by atoms with van der Waals surface area (Å²) in [7, 11) is 0. The Hall–Kier alpha value is -0.410. The molecule has 1 heterocycles. The predicted octanol–water partition coefficient (Wildman–Crippen LogP) is -0.197. The first-order valence-electron chi connectivity index (χ1n) is 3.00. The molecule has 0 aromatic rings. The van der Waals surface area contributed by atoms with E-state index in [2.05, 4.69) is 11.7 Å².